The van der Waals surface area contributed by atoms with Gasteiger partial charge >= 0.3 is 0 Å². The number of morpholine rings is 1. The molecule has 0 spiro atoms. The molecule has 1 aliphatic rings. The van der Waals surface area contributed by atoms with Crippen LogP contribution in [0.2, 0.25) is 0 Å². The molecule has 0 aliphatic carbocycles. The van der Waals surface area contributed by atoms with E-state index in [0.717, 1.165) is 39.3 Å². The van der Waals surface area contributed by atoms with Crippen LogP contribution in [0.1, 0.15) is 18.0 Å². The minimum atomic E-state index is 0.421. The van der Waals surface area contributed by atoms with Crippen LogP contribution in [0.25, 0.3) is 0 Å². The third-order valence-electron chi connectivity index (χ3n) is 3.72. The summed E-state index contributed by atoms with van der Waals surface area (Å²) in [5.74, 6) is 0. The van der Waals surface area contributed by atoms with Crippen LogP contribution in [0.4, 0.5) is 5.69 Å². The number of hydrogen-bond acceptors (Lipinski definition) is 4. The Bertz CT molecular complexity index is 371. The molecule has 0 radical (unpaired) electrons. The van der Waals surface area contributed by atoms with Crippen LogP contribution in [0.3, 0.4) is 0 Å². The lowest BCUT2D eigenvalue weighted by Crippen LogP contribution is -2.39. The fraction of sp³-hybridized carbons (Fsp3) is 0.600. The van der Waals surface area contributed by atoms with E-state index in [4.69, 9.17) is 10.5 Å². The maximum absolute atomic E-state index is 5.79. The monoisotopic (exact) mass is 263 g/mol. The van der Waals surface area contributed by atoms with E-state index in [0.29, 0.717) is 6.04 Å². The Hall–Kier alpha value is -1.10. The highest BCUT2D eigenvalue weighted by Crippen LogP contribution is 2.26. The van der Waals surface area contributed by atoms with Crippen LogP contribution >= 0.6 is 0 Å². The van der Waals surface area contributed by atoms with Crippen LogP contribution in [0.5, 0.6) is 0 Å². The average molecular weight is 263 g/mol. The van der Waals surface area contributed by atoms with Gasteiger partial charge in [0.25, 0.3) is 0 Å². The Kier molecular flexibility index (Phi) is 5.19. The molecule has 0 aromatic heterocycles. The fourth-order valence-corrected chi connectivity index (χ4v) is 2.60. The summed E-state index contributed by atoms with van der Waals surface area (Å²) in [5, 5.41) is 0. The van der Waals surface area contributed by atoms with Crippen molar-refractivity contribution in [3.8, 4) is 0 Å². The van der Waals surface area contributed by atoms with Crippen LogP contribution in [-0.2, 0) is 4.74 Å². The summed E-state index contributed by atoms with van der Waals surface area (Å²) in [6.45, 7) is 4.38. The second-order valence-electron chi connectivity index (χ2n) is 5.23. The van der Waals surface area contributed by atoms with Gasteiger partial charge in [-0.3, -0.25) is 4.90 Å². The van der Waals surface area contributed by atoms with Gasteiger partial charge < -0.3 is 15.4 Å². The highest BCUT2D eigenvalue weighted by Gasteiger charge is 2.21. The predicted octanol–water partition coefficient (Wildman–Crippen LogP) is 1.47. The Morgan fingerprint density at radius 2 is 1.84 bits per heavy atom. The van der Waals surface area contributed by atoms with Gasteiger partial charge in [-0.15, -0.1) is 0 Å². The Labute approximate surface area is 116 Å². The zero-order valence-electron chi connectivity index (χ0n) is 12.0. The number of ether oxygens (including phenoxy) is 1. The van der Waals surface area contributed by atoms with Crippen molar-refractivity contribution in [2.75, 3.05) is 51.8 Å². The molecule has 1 atom stereocenters. The van der Waals surface area contributed by atoms with E-state index in [1.807, 2.05) is 0 Å². The van der Waals surface area contributed by atoms with Gasteiger partial charge in [-0.2, -0.15) is 0 Å². The molecular weight excluding hydrogens is 238 g/mol. The molecule has 1 aromatic carbocycles. The standard InChI is InChI=1S/C15H25N3O/c1-17(2)14-5-3-13(4-6-14)15(7-8-16)18-9-11-19-12-10-18/h3-6,15H,7-12,16H2,1-2H3. The normalized spacial score (nSPS) is 18.3. The zero-order chi connectivity index (χ0) is 13.7. The van der Waals surface area contributed by atoms with Crippen molar-refractivity contribution >= 4 is 5.69 Å². The number of anilines is 1. The Morgan fingerprint density at radius 3 is 2.37 bits per heavy atom. The number of benzene rings is 1. The maximum Gasteiger partial charge on any atom is 0.0594 e. The molecule has 2 N–H and O–H groups in total. The number of nitrogens with zero attached hydrogens (tertiary/aromatic N) is 2. The highest BCUT2D eigenvalue weighted by atomic mass is 16.5. The summed E-state index contributed by atoms with van der Waals surface area (Å²) >= 11 is 0. The minimum absolute atomic E-state index is 0.421. The quantitative estimate of drug-likeness (QED) is 0.873. The van der Waals surface area contributed by atoms with Crippen molar-refractivity contribution in [3.63, 3.8) is 0 Å². The van der Waals surface area contributed by atoms with Crippen molar-refractivity contribution in [2.24, 2.45) is 5.73 Å². The lowest BCUT2D eigenvalue weighted by molar-refractivity contribution is 0.0147. The minimum Gasteiger partial charge on any atom is -0.379 e. The molecule has 4 nitrogen and oxygen atoms in total. The highest BCUT2D eigenvalue weighted by molar-refractivity contribution is 5.46. The Balaban J connectivity index is 2.13. The first kappa shape index (κ1) is 14.3. The first-order chi connectivity index (χ1) is 9.22. The van der Waals surface area contributed by atoms with Gasteiger partial charge in [0.2, 0.25) is 0 Å². The molecule has 1 fully saturated rings. The molecule has 0 amide bonds. The van der Waals surface area contributed by atoms with Crippen LogP contribution in [-0.4, -0.2) is 51.8 Å². The summed E-state index contributed by atoms with van der Waals surface area (Å²) in [4.78, 5) is 4.61. The predicted molar refractivity (Wildman–Crippen MR) is 79.6 cm³/mol. The maximum atomic E-state index is 5.79. The third kappa shape index (κ3) is 3.69. The number of rotatable bonds is 5. The largest absolute Gasteiger partial charge is 0.379 e. The molecule has 4 heteroatoms. The molecule has 2 rings (SSSR count). The average Bonchev–Trinajstić information content (AvgIpc) is 2.46. The summed E-state index contributed by atoms with van der Waals surface area (Å²) in [5.41, 5.74) is 8.38. The number of hydrogen-bond donors (Lipinski definition) is 1. The smallest absolute Gasteiger partial charge is 0.0594 e. The molecule has 1 unspecified atom stereocenters. The van der Waals surface area contributed by atoms with Gasteiger partial charge in [0.1, 0.15) is 0 Å². The van der Waals surface area contributed by atoms with Gasteiger partial charge in [-0.1, -0.05) is 12.1 Å². The van der Waals surface area contributed by atoms with Gasteiger partial charge in [-0.05, 0) is 30.7 Å². The SMILES string of the molecule is CN(C)c1ccc(C(CCN)N2CCOCC2)cc1. The first-order valence-electron chi connectivity index (χ1n) is 7.01. The van der Waals surface area contributed by atoms with E-state index in [-0.39, 0.29) is 0 Å². The van der Waals surface area contributed by atoms with E-state index in [9.17, 15) is 0 Å². The molecule has 1 aliphatic heterocycles. The summed E-state index contributed by atoms with van der Waals surface area (Å²) in [7, 11) is 4.13. The van der Waals surface area contributed by atoms with E-state index in [1.165, 1.54) is 11.3 Å². The molecule has 106 valence electrons. The summed E-state index contributed by atoms with van der Waals surface area (Å²) in [6.07, 6.45) is 1.00. The van der Waals surface area contributed by atoms with Crippen LogP contribution in [0.15, 0.2) is 24.3 Å². The first-order valence-corrected chi connectivity index (χ1v) is 7.01. The van der Waals surface area contributed by atoms with Crippen LogP contribution < -0.4 is 10.6 Å². The van der Waals surface area contributed by atoms with Crippen molar-refractivity contribution in [1.29, 1.82) is 0 Å². The molecule has 1 aromatic rings. The third-order valence-corrected chi connectivity index (χ3v) is 3.72. The van der Waals surface area contributed by atoms with Crippen molar-refractivity contribution in [1.82, 2.24) is 4.90 Å². The van der Waals surface area contributed by atoms with Crippen molar-refractivity contribution in [3.05, 3.63) is 29.8 Å². The molecule has 1 saturated heterocycles. The molecule has 19 heavy (non-hydrogen) atoms. The Morgan fingerprint density at radius 1 is 1.21 bits per heavy atom. The lowest BCUT2D eigenvalue weighted by atomic mass is 10.0. The topological polar surface area (TPSA) is 41.7 Å². The van der Waals surface area contributed by atoms with Gasteiger partial charge in [0.05, 0.1) is 13.2 Å². The second-order valence-corrected chi connectivity index (χ2v) is 5.23. The number of nitrogens with two attached hydrogens (primary N) is 1. The van der Waals surface area contributed by atoms with E-state index >= 15 is 0 Å². The van der Waals surface area contributed by atoms with Crippen LogP contribution in [0, 0.1) is 0 Å². The van der Waals surface area contributed by atoms with Gasteiger partial charge in [-0.25, -0.2) is 0 Å². The summed E-state index contributed by atoms with van der Waals surface area (Å²) in [6, 6.07) is 9.24. The van der Waals surface area contributed by atoms with Gasteiger partial charge in [0.15, 0.2) is 0 Å². The molecule has 1 heterocycles. The second kappa shape index (κ2) is 6.89. The lowest BCUT2D eigenvalue weighted by Gasteiger charge is -2.34. The molecule has 0 bridgehead atoms. The summed E-state index contributed by atoms with van der Waals surface area (Å²) < 4.78 is 5.43. The van der Waals surface area contributed by atoms with E-state index < -0.39 is 0 Å². The van der Waals surface area contributed by atoms with Crippen molar-refractivity contribution in [2.45, 2.75) is 12.5 Å². The molecular formula is C15H25N3O. The van der Waals surface area contributed by atoms with E-state index in [1.54, 1.807) is 0 Å². The zero-order valence-corrected chi connectivity index (χ0v) is 12.0. The van der Waals surface area contributed by atoms with Gasteiger partial charge in [0, 0.05) is 38.9 Å². The molecule has 0 saturated carbocycles. The van der Waals surface area contributed by atoms with Crippen molar-refractivity contribution < 1.29 is 4.74 Å². The fourth-order valence-electron chi connectivity index (χ4n) is 2.60. The van der Waals surface area contributed by atoms with E-state index in [2.05, 4.69) is 48.2 Å².